The van der Waals surface area contributed by atoms with Crippen LogP contribution in [0.3, 0.4) is 0 Å². The van der Waals surface area contributed by atoms with E-state index in [0.717, 1.165) is 4.90 Å². The summed E-state index contributed by atoms with van der Waals surface area (Å²) < 4.78 is 13.4. The standard InChI is InChI=1S/C24H20FN3O4S/c1-13-26-20(21(33-13)14-6-8-15(25)9-7-14)24(32)27-11-10-19(29)18(27)12-28-22(30)16-4-2-3-5-17(16)23(28)31/h2-9,18-19,29H,10-12H2,1H3/t18-,19+/m1/s1. The fourth-order valence-corrected chi connectivity index (χ4v) is 5.32. The van der Waals surface area contributed by atoms with E-state index in [4.69, 9.17) is 0 Å². The number of aromatic nitrogens is 1. The molecular weight excluding hydrogens is 445 g/mol. The van der Waals surface area contributed by atoms with Gasteiger partial charge in [0.15, 0.2) is 0 Å². The van der Waals surface area contributed by atoms with Crippen LogP contribution in [0.15, 0.2) is 48.5 Å². The van der Waals surface area contributed by atoms with Gasteiger partial charge in [0.2, 0.25) is 0 Å². The molecule has 2 aliphatic heterocycles. The van der Waals surface area contributed by atoms with Crippen molar-refractivity contribution in [3.8, 4) is 10.4 Å². The van der Waals surface area contributed by atoms with E-state index >= 15 is 0 Å². The number of aliphatic hydroxyl groups is 1. The summed E-state index contributed by atoms with van der Waals surface area (Å²) in [5, 5.41) is 11.3. The van der Waals surface area contributed by atoms with E-state index in [1.165, 1.54) is 28.4 Å². The summed E-state index contributed by atoms with van der Waals surface area (Å²) in [7, 11) is 0. The van der Waals surface area contributed by atoms with Crippen LogP contribution in [0.1, 0.15) is 42.6 Å². The van der Waals surface area contributed by atoms with Gasteiger partial charge in [-0.05, 0) is 43.2 Å². The van der Waals surface area contributed by atoms with Crippen molar-refractivity contribution in [1.29, 1.82) is 0 Å². The molecule has 2 aliphatic rings. The molecule has 9 heteroatoms. The number of carbonyl (C=O) groups is 3. The monoisotopic (exact) mass is 465 g/mol. The lowest BCUT2D eigenvalue weighted by Gasteiger charge is -2.29. The van der Waals surface area contributed by atoms with Crippen LogP contribution in [0.4, 0.5) is 4.39 Å². The van der Waals surface area contributed by atoms with E-state index in [0.29, 0.717) is 33.0 Å². The number of thiazole rings is 1. The molecule has 1 saturated heterocycles. The third-order valence-corrected chi connectivity index (χ3v) is 7.08. The summed E-state index contributed by atoms with van der Waals surface area (Å²) in [5.74, 6) is -1.63. The van der Waals surface area contributed by atoms with Crippen molar-refractivity contribution in [1.82, 2.24) is 14.8 Å². The number of likely N-dealkylation sites (tertiary alicyclic amines) is 1. The fourth-order valence-electron chi connectivity index (χ4n) is 4.41. The van der Waals surface area contributed by atoms with E-state index in [9.17, 15) is 23.9 Å². The lowest BCUT2D eigenvalue weighted by Crippen LogP contribution is -2.49. The molecule has 5 rings (SSSR count). The first kappa shape index (κ1) is 21.4. The van der Waals surface area contributed by atoms with Crippen molar-refractivity contribution in [3.05, 3.63) is 76.2 Å². The lowest BCUT2D eigenvalue weighted by molar-refractivity contribution is 0.0455. The number of rotatable bonds is 4. The van der Waals surface area contributed by atoms with Crippen molar-refractivity contribution in [3.63, 3.8) is 0 Å². The van der Waals surface area contributed by atoms with Crippen LogP contribution in [0, 0.1) is 12.7 Å². The number of nitrogens with zero attached hydrogens (tertiary/aromatic N) is 3. The predicted molar refractivity (Wildman–Crippen MR) is 120 cm³/mol. The Balaban J connectivity index is 1.43. The second-order valence-electron chi connectivity index (χ2n) is 8.11. The summed E-state index contributed by atoms with van der Waals surface area (Å²) >= 11 is 1.33. The average Bonchev–Trinajstić information content (AvgIpc) is 3.45. The number of amides is 3. The van der Waals surface area contributed by atoms with Gasteiger partial charge in [-0.2, -0.15) is 0 Å². The molecule has 0 bridgehead atoms. The van der Waals surface area contributed by atoms with Crippen LogP contribution < -0.4 is 0 Å². The largest absolute Gasteiger partial charge is 0.391 e. The Morgan fingerprint density at radius 3 is 2.39 bits per heavy atom. The van der Waals surface area contributed by atoms with Crippen LogP contribution in [-0.2, 0) is 0 Å². The normalized spacial score (nSPS) is 20.0. The molecule has 2 aromatic carbocycles. The molecule has 33 heavy (non-hydrogen) atoms. The van der Waals surface area contributed by atoms with Gasteiger partial charge in [-0.1, -0.05) is 24.3 Å². The molecule has 0 radical (unpaired) electrons. The predicted octanol–water partition coefficient (Wildman–Crippen LogP) is 3.13. The number of aliphatic hydroxyl groups excluding tert-OH is 1. The molecule has 1 aromatic heterocycles. The van der Waals surface area contributed by atoms with Gasteiger partial charge in [0.1, 0.15) is 11.5 Å². The third kappa shape index (κ3) is 3.63. The van der Waals surface area contributed by atoms with Crippen molar-refractivity contribution >= 4 is 29.1 Å². The number of hydrogen-bond donors (Lipinski definition) is 1. The molecule has 1 fully saturated rings. The molecule has 1 N–H and O–H groups in total. The first-order chi connectivity index (χ1) is 15.8. The number of fused-ring (bicyclic) bond motifs is 1. The van der Waals surface area contributed by atoms with E-state index in [1.807, 2.05) is 0 Å². The molecule has 0 unspecified atom stereocenters. The highest BCUT2D eigenvalue weighted by Gasteiger charge is 2.43. The van der Waals surface area contributed by atoms with Gasteiger partial charge >= 0.3 is 0 Å². The molecule has 3 amide bonds. The Morgan fingerprint density at radius 1 is 1.12 bits per heavy atom. The number of hydrogen-bond acceptors (Lipinski definition) is 6. The van der Waals surface area contributed by atoms with Crippen LogP contribution in [0.2, 0.25) is 0 Å². The molecule has 7 nitrogen and oxygen atoms in total. The SMILES string of the molecule is Cc1nc(C(=O)N2CC[C@H](O)[C@H]2CN2C(=O)c3ccccc3C2=O)c(-c2ccc(F)cc2)s1. The van der Waals surface area contributed by atoms with Gasteiger partial charge in [-0.3, -0.25) is 19.3 Å². The molecule has 0 spiro atoms. The second-order valence-corrected chi connectivity index (χ2v) is 9.31. The summed E-state index contributed by atoms with van der Waals surface area (Å²) in [6, 6.07) is 11.6. The Kier molecular flexibility index (Phi) is 5.30. The minimum atomic E-state index is -0.882. The summed E-state index contributed by atoms with van der Waals surface area (Å²) in [6.45, 7) is 1.95. The highest BCUT2D eigenvalue weighted by Crippen LogP contribution is 2.33. The number of carbonyl (C=O) groups excluding carboxylic acids is 3. The van der Waals surface area contributed by atoms with Gasteiger partial charge < -0.3 is 10.0 Å². The molecule has 168 valence electrons. The number of aryl methyl sites for hydroxylation is 1. The number of imide groups is 1. The maximum absolute atomic E-state index is 13.5. The Bertz CT molecular complexity index is 1240. The zero-order chi connectivity index (χ0) is 23.3. The molecule has 3 aromatic rings. The number of benzene rings is 2. The van der Waals surface area contributed by atoms with E-state index in [-0.39, 0.29) is 24.6 Å². The van der Waals surface area contributed by atoms with Gasteiger partial charge in [-0.15, -0.1) is 11.3 Å². The van der Waals surface area contributed by atoms with E-state index in [2.05, 4.69) is 4.98 Å². The van der Waals surface area contributed by atoms with E-state index in [1.54, 1.807) is 43.3 Å². The molecule has 2 atom stereocenters. The van der Waals surface area contributed by atoms with Crippen molar-refractivity contribution in [2.45, 2.75) is 25.5 Å². The van der Waals surface area contributed by atoms with Gasteiger partial charge in [-0.25, -0.2) is 9.37 Å². The Labute approximate surface area is 193 Å². The Hall–Kier alpha value is -3.43. The summed E-state index contributed by atoms with van der Waals surface area (Å²) in [5.41, 5.74) is 1.52. The maximum Gasteiger partial charge on any atom is 0.274 e. The third-order valence-electron chi connectivity index (χ3n) is 6.06. The van der Waals surface area contributed by atoms with Gasteiger partial charge in [0.05, 0.1) is 39.7 Å². The van der Waals surface area contributed by atoms with Gasteiger partial charge in [0.25, 0.3) is 17.7 Å². The second kappa shape index (κ2) is 8.17. The highest BCUT2D eigenvalue weighted by molar-refractivity contribution is 7.15. The Morgan fingerprint density at radius 2 is 1.76 bits per heavy atom. The molecule has 0 saturated carbocycles. The quantitative estimate of drug-likeness (QED) is 0.598. The maximum atomic E-state index is 13.5. The fraction of sp³-hybridized carbons (Fsp3) is 0.250. The smallest absolute Gasteiger partial charge is 0.274 e. The molecule has 3 heterocycles. The van der Waals surface area contributed by atoms with Crippen LogP contribution in [0.25, 0.3) is 10.4 Å². The van der Waals surface area contributed by atoms with E-state index < -0.39 is 29.9 Å². The number of halogens is 1. The summed E-state index contributed by atoms with van der Waals surface area (Å²) in [4.78, 5) is 46.7. The lowest BCUT2D eigenvalue weighted by atomic mass is 10.1. The summed E-state index contributed by atoms with van der Waals surface area (Å²) in [6.07, 6.45) is -0.554. The van der Waals surface area contributed by atoms with Crippen LogP contribution in [0.5, 0.6) is 0 Å². The van der Waals surface area contributed by atoms with Crippen molar-refractivity contribution in [2.75, 3.05) is 13.1 Å². The molecule has 0 aliphatic carbocycles. The van der Waals surface area contributed by atoms with Crippen molar-refractivity contribution < 1.29 is 23.9 Å². The van der Waals surface area contributed by atoms with Crippen LogP contribution >= 0.6 is 11.3 Å². The van der Waals surface area contributed by atoms with Gasteiger partial charge in [0, 0.05) is 6.54 Å². The van der Waals surface area contributed by atoms with Crippen LogP contribution in [-0.4, -0.2) is 62.8 Å². The topological polar surface area (TPSA) is 90.8 Å². The first-order valence-electron chi connectivity index (χ1n) is 10.5. The minimum absolute atomic E-state index is 0.103. The zero-order valence-corrected chi connectivity index (χ0v) is 18.5. The minimum Gasteiger partial charge on any atom is -0.391 e. The average molecular weight is 466 g/mol. The molecular formula is C24H20FN3O4S. The highest BCUT2D eigenvalue weighted by atomic mass is 32.1. The first-order valence-corrected chi connectivity index (χ1v) is 11.3. The zero-order valence-electron chi connectivity index (χ0n) is 17.7. The van der Waals surface area contributed by atoms with Crippen molar-refractivity contribution in [2.24, 2.45) is 0 Å².